The lowest BCUT2D eigenvalue weighted by Gasteiger charge is -2.45. The summed E-state index contributed by atoms with van der Waals surface area (Å²) < 4.78 is 0. The van der Waals surface area contributed by atoms with Gasteiger partial charge in [0.15, 0.2) is 0 Å². The van der Waals surface area contributed by atoms with Crippen molar-refractivity contribution in [2.75, 3.05) is 80.1 Å². The van der Waals surface area contributed by atoms with E-state index in [0.717, 1.165) is 119 Å². The minimum Gasteiger partial charge on any atom is -0.371 e. The molecule has 322 valence electrons. The molecule has 6 saturated heterocycles. The van der Waals surface area contributed by atoms with E-state index in [1.54, 1.807) is 18.2 Å². The van der Waals surface area contributed by atoms with Crippen LogP contribution in [0.2, 0.25) is 5.02 Å². The molecule has 7 aliphatic rings. The molecule has 7 aliphatic heterocycles. The number of likely N-dealkylation sites (tertiary alicyclic amines) is 2. The number of hydrogen-bond acceptors (Lipinski definition) is 10. The predicted molar refractivity (Wildman–Crippen MR) is 235 cm³/mol. The number of nitrogens with zero attached hydrogens (tertiary/aromatic N) is 7. The van der Waals surface area contributed by atoms with Gasteiger partial charge in [-0.15, -0.1) is 0 Å². The second kappa shape index (κ2) is 16.0. The smallest absolute Gasteiger partial charge is 0.262 e. The number of rotatable bonds is 6. The minimum absolute atomic E-state index is 0.0999. The Morgan fingerprint density at radius 3 is 1.89 bits per heavy atom. The Balaban J connectivity index is 0.679. The first-order chi connectivity index (χ1) is 30.0. The highest BCUT2D eigenvalue weighted by atomic mass is 35.5. The largest absolute Gasteiger partial charge is 0.371 e. The molecule has 0 bridgehead atoms. The van der Waals surface area contributed by atoms with E-state index in [-0.39, 0.29) is 30.1 Å². The van der Waals surface area contributed by atoms with Crippen LogP contribution in [0.4, 0.5) is 17.1 Å². The van der Waals surface area contributed by atoms with Crippen molar-refractivity contribution < 1.29 is 24.0 Å². The van der Waals surface area contributed by atoms with Crippen molar-refractivity contribution in [3.8, 4) is 6.07 Å². The Labute approximate surface area is 367 Å². The van der Waals surface area contributed by atoms with Crippen molar-refractivity contribution in [2.45, 2.75) is 76.3 Å². The van der Waals surface area contributed by atoms with Crippen molar-refractivity contribution in [3.05, 3.63) is 87.9 Å². The molecule has 0 radical (unpaired) electrons. The Morgan fingerprint density at radius 1 is 0.661 bits per heavy atom. The zero-order chi connectivity index (χ0) is 42.8. The summed E-state index contributed by atoms with van der Waals surface area (Å²) in [7, 11) is 0. The molecule has 1 atom stereocenters. The zero-order valence-corrected chi connectivity index (χ0v) is 35.9. The number of amides is 5. The number of carbonyl (C=O) groups excluding carboxylic acids is 5. The monoisotopic (exact) mass is 856 g/mol. The predicted octanol–water partition coefficient (Wildman–Crippen LogP) is 5.71. The second-order valence-corrected chi connectivity index (χ2v) is 19.3. The maximum Gasteiger partial charge on any atom is 0.262 e. The minimum atomic E-state index is -0.964. The summed E-state index contributed by atoms with van der Waals surface area (Å²) in [4.78, 5) is 77.3. The van der Waals surface area contributed by atoms with Crippen molar-refractivity contribution in [2.24, 2.45) is 10.8 Å². The number of fused-ring (bicyclic) bond motifs is 1. The number of nitrogens with one attached hydrogen (secondary N) is 1. The van der Waals surface area contributed by atoms with E-state index >= 15 is 0 Å². The topological polar surface area (TPSA) is 141 Å². The Bertz CT molecular complexity index is 2360. The highest BCUT2D eigenvalue weighted by Crippen LogP contribution is 2.45. The summed E-state index contributed by atoms with van der Waals surface area (Å²) in [6, 6.07) is 21.1. The lowest BCUT2D eigenvalue weighted by molar-refractivity contribution is -0.136. The molecule has 5 amide bonds. The van der Waals surface area contributed by atoms with Crippen LogP contribution in [0.1, 0.15) is 101 Å². The Morgan fingerprint density at radius 2 is 1.24 bits per heavy atom. The van der Waals surface area contributed by atoms with Gasteiger partial charge in [0, 0.05) is 87.4 Å². The highest BCUT2D eigenvalue weighted by Gasteiger charge is 2.46. The van der Waals surface area contributed by atoms with Gasteiger partial charge in [-0.1, -0.05) is 11.6 Å². The van der Waals surface area contributed by atoms with Crippen LogP contribution in [-0.2, 0) is 9.59 Å². The van der Waals surface area contributed by atoms with Gasteiger partial charge >= 0.3 is 0 Å². The fourth-order valence-electron chi connectivity index (χ4n) is 11.6. The first-order valence-electron chi connectivity index (χ1n) is 22.4. The molecule has 13 nitrogen and oxygen atoms in total. The lowest BCUT2D eigenvalue weighted by atomic mass is 9.77. The van der Waals surface area contributed by atoms with Crippen LogP contribution in [0.5, 0.6) is 0 Å². The number of anilines is 3. The summed E-state index contributed by atoms with van der Waals surface area (Å²) in [6.07, 6.45) is 8.93. The van der Waals surface area contributed by atoms with E-state index in [1.807, 2.05) is 35.2 Å². The fraction of sp³-hybridized carbons (Fsp3) is 0.500. The number of nitriles is 1. The molecule has 2 spiro atoms. The number of imide groups is 2. The molecule has 0 aliphatic carbocycles. The molecule has 0 aromatic heterocycles. The molecule has 3 aromatic carbocycles. The van der Waals surface area contributed by atoms with Crippen LogP contribution in [0, 0.1) is 22.2 Å². The Kier molecular flexibility index (Phi) is 10.5. The molecule has 1 N–H and O–H groups in total. The quantitative estimate of drug-likeness (QED) is 0.307. The SMILES string of the molecule is N#Cc1ccc(N2CCC3(CCN(C(=O)c4ccc(N5CCC6(CCN(C7CCN(c8ccc9c(c8)C(=O)N(C8CCC(=O)NC8=O)C9=O)CC7)CC6)C5)cc4)CC3)C2)cc1Cl. The van der Waals surface area contributed by atoms with Gasteiger partial charge in [0.05, 0.1) is 21.7 Å². The van der Waals surface area contributed by atoms with Crippen LogP contribution in [0.3, 0.4) is 0 Å². The molecule has 6 fully saturated rings. The summed E-state index contributed by atoms with van der Waals surface area (Å²) in [6.45, 7) is 9.44. The first kappa shape index (κ1) is 40.6. The summed E-state index contributed by atoms with van der Waals surface area (Å²) in [5.41, 5.74) is 5.58. The standard InChI is InChI=1S/C48H53ClN8O5/c49-40-28-37(6-3-33(40)29-50)56-26-18-48(31-56)15-23-54(24-16-48)44(60)32-1-4-34(5-2-32)55-25-17-47(30-55)13-21-53(22-14-47)35-11-19-52(20-12-35)36-7-8-38-39(27-36)46(62)57(45(38)61)41-9-10-42(58)51-43(41)59/h1-8,27-28,35,41H,9-26,30-31H2,(H,51,58,59). The van der Waals surface area contributed by atoms with Gasteiger partial charge in [-0.05, 0) is 142 Å². The molecule has 14 heteroatoms. The molecule has 3 aromatic rings. The van der Waals surface area contributed by atoms with E-state index < -0.39 is 23.8 Å². The van der Waals surface area contributed by atoms with Crippen LogP contribution < -0.4 is 20.0 Å². The average Bonchev–Trinajstić information content (AvgIpc) is 3.98. The van der Waals surface area contributed by atoms with Crippen molar-refractivity contribution >= 4 is 58.2 Å². The van der Waals surface area contributed by atoms with Crippen LogP contribution >= 0.6 is 11.6 Å². The van der Waals surface area contributed by atoms with Crippen molar-refractivity contribution in [1.29, 1.82) is 5.26 Å². The normalized spacial score (nSPS) is 24.0. The van der Waals surface area contributed by atoms with E-state index in [9.17, 15) is 29.2 Å². The molecular formula is C48H53ClN8O5. The Hall–Kier alpha value is -5.45. The van der Waals surface area contributed by atoms with Gasteiger partial charge < -0.3 is 24.5 Å². The van der Waals surface area contributed by atoms with E-state index in [0.29, 0.717) is 33.2 Å². The number of benzene rings is 3. The molecule has 1 unspecified atom stereocenters. The second-order valence-electron chi connectivity index (χ2n) is 18.9. The van der Waals surface area contributed by atoms with Crippen LogP contribution in [-0.4, -0.2) is 122 Å². The maximum absolute atomic E-state index is 13.7. The lowest BCUT2D eigenvalue weighted by Crippen LogP contribution is -2.54. The van der Waals surface area contributed by atoms with Crippen molar-refractivity contribution in [1.82, 2.24) is 20.0 Å². The van der Waals surface area contributed by atoms with Crippen LogP contribution in [0.25, 0.3) is 0 Å². The fourth-order valence-corrected chi connectivity index (χ4v) is 11.8. The molecule has 62 heavy (non-hydrogen) atoms. The van der Waals surface area contributed by atoms with Gasteiger partial charge in [0.2, 0.25) is 11.8 Å². The van der Waals surface area contributed by atoms with Gasteiger partial charge in [-0.3, -0.25) is 34.2 Å². The van der Waals surface area contributed by atoms with Gasteiger partial charge in [-0.2, -0.15) is 5.26 Å². The zero-order valence-electron chi connectivity index (χ0n) is 35.1. The van der Waals surface area contributed by atoms with Crippen molar-refractivity contribution in [3.63, 3.8) is 0 Å². The van der Waals surface area contributed by atoms with E-state index in [4.69, 9.17) is 11.6 Å². The van der Waals surface area contributed by atoms with Crippen LogP contribution in [0.15, 0.2) is 60.7 Å². The third kappa shape index (κ3) is 7.38. The maximum atomic E-state index is 13.7. The van der Waals surface area contributed by atoms with E-state index in [1.165, 1.54) is 24.9 Å². The molecular weight excluding hydrogens is 804 g/mol. The molecule has 10 rings (SSSR count). The third-order valence-electron chi connectivity index (χ3n) is 15.5. The highest BCUT2D eigenvalue weighted by molar-refractivity contribution is 6.32. The number of carbonyl (C=O) groups is 5. The first-order valence-corrected chi connectivity index (χ1v) is 22.8. The van der Waals surface area contributed by atoms with Gasteiger partial charge in [-0.25, -0.2) is 0 Å². The van der Waals surface area contributed by atoms with E-state index in [2.05, 4.69) is 43.1 Å². The third-order valence-corrected chi connectivity index (χ3v) is 15.8. The summed E-state index contributed by atoms with van der Waals surface area (Å²) in [5.74, 6) is -1.80. The van der Waals surface area contributed by atoms with Gasteiger partial charge in [0.1, 0.15) is 12.1 Å². The number of piperidine rings is 4. The summed E-state index contributed by atoms with van der Waals surface area (Å²) >= 11 is 6.34. The molecule has 0 saturated carbocycles. The number of halogens is 1. The molecule has 7 heterocycles. The number of hydrogen-bond donors (Lipinski definition) is 1. The summed E-state index contributed by atoms with van der Waals surface area (Å²) in [5, 5.41) is 12.0. The van der Waals surface area contributed by atoms with Gasteiger partial charge in [0.25, 0.3) is 17.7 Å². The average molecular weight is 857 g/mol.